The molecule has 2 aromatic heterocycles. The molecule has 1 atom stereocenters. The zero-order valence-electron chi connectivity index (χ0n) is 10.9. The Hall–Kier alpha value is -1.89. The third-order valence-electron chi connectivity index (χ3n) is 3.92. The van der Waals surface area contributed by atoms with E-state index in [1.54, 1.807) is 17.7 Å². The third-order valence-corrected chi connectivity index (χ3v) is 4.82. The number of thiophene rings is 1. The molecule has 104 valence electrons. The van der Waals surface area contributed by atoms with Crippen molar-refractivity contribution in [3.05, 3.63) is 17.8 Å². The Labute approximate surface area is 120 Å². The highest BCUT2D eigenvalue weighted by Crippen LogP contribution is 2.31. The van der Waals surface area contributed by atoms with Gasteiger partial charge in [-0.05, 0) is 17.9 Å². The van der Waals surface area contributed by atoms with Gasteiger partial charge in [0.25, 0.3) is 0 Å². The summed E-state index contributed by atoms with van der Waals surface area (Å²) in [7, 11) is 0. The van der Waals surface area contributed by atoms with Crippen LogP contribution in [0.5, 0.6) is 0 Å². The van der Waals surface area contributed by atoms with Crippen LogP contribution in [0.25, 0.3) is 10.2 Å². The molecule has 0 aromatic carbocycles. The molecule has 6 nitrogen and oxygen atoms in total. The van der Waals surface area contributed by atoms with E-state index in [0.29, 0.717) is 13.2 Å². The van der Waals surface area contributed by atoms with Crippen molar-refractivity contribution in [3.63, 3.8) is 0 Å². The van der Waals surface area contributed by atoms with Crippen LogP contribution in [0.15, 0.2) is 17.8 Å². The smallest absolute Gasteiger partial charge is 0.410 e. The lowest BCUT2D eigenvalue weighted by atomic mass is 10.2. The number of amides is 1. The average molecular weight is 290 g/mol. The topological polar surface area (TPSA) is 58.6 Å². The molecule has 0 N–H and O–H groups in total. The van der Waals surface area contributed by atoms with E-state index in [1.165, 1.54) is 0 Å². The highest BCUT2D eigenvalue weighted by atomic mass is 32.1. The summed E-state index contributed by atoms with van der Waals surface area (Å²) in [5, 5.41) is 2.04. The lowest BCUT2D eigenvalue weighted by Crippen LogP contribution is -2.38. The summed E-state index contributed by atoms with van der Waals surface area (Å²) in [6.45, 7) is 2.95. The van der Waals surface area contributed by atoms with Crippen molar-refractivity contribution >= 4 is 33.5 Å². The fraction of sp³-hybridized carbons (Fsp3) is 0.462. The Kier molecular flexibility index (Phi) is 2.73. The molecule has 1 unspecified atom stereocenters. The highest BCUT2D eigenvalue weighted by molar-refractivity contribution is 7.17. The summed E-state index contributed by atoms with van der Waals surface area (Å²) in [6.07, 6.45) is 2.40. The Bertz CT molecular complexity index is 659. The Morgan fingerprint density at radius 3 is 3.15 bits per heavy atom. The number of hydrogen-bond acceptors (Lipinski definition) is 6. The number of nitrogens with zero attached hydrogens (tertiary/aromatic N) is 4. The summed E-state index contributed by atoms with van der Waals surface area (Å²) in [6, 6.07) is 2.24. The number of fused-ring (bicyclic) bond motifs is 1. The second-order valence-corrected chi connectivity index (χ2v) is 5.94. The minimum atomic E-state index is -0.180. The zero-order chi connectivity index (χ0) is 13.5. The maximum atomic E-state index is 11.6. The first kappa shape index (κ1) is 11.9. The van der Waals surface area contributed by atoms with Gasteiger partial charge in [-0.3, -0.25) is 4.90 Å². The van der Waals surface area contributed by atoms with Crippen molar-refractivity contribution in [1.29, 1.82) is 0 Å². The van der Waals surface area contributed by atoms with Gasteiger partial charge in [0.2, 0.25) is 0 Å². The van der Waals surface area contributed by atoms with Crippen molar-refractivity contribution in [1.82, 2.24) is 14.9 Å². The third kappa shape index (κ3) is 1.81. The van der Waals surface area contributed by atoms with E-state index < -0.39 is 0 Å². The molecule has 4 heterocycles. The van der Waals surface area contributed by atoms with Crippen molar-refractivity contribution < 1.29 is 9.53 Å². The van der Waals surface area contributed by atoms with Gasteiger partial charge in [-0.2, -0.15) is 0 Å². The van der Waals surface area contributed by atoms with Gasteiger partial charge in [-0.25, -0.2) is 14.8 Å². The lowest BCUT2D eigenvalue weighted by Gasteiger charge is -2.22. The number of cyclic esters (lactones) is 1. The zero-order valence-corrected chi connectivity index (χ0v) is 11.7. The number of aromatic nitrogens is 2. The number of hydrogen-bond donors (Lipinski definition) is 0. The molecule has 0 bridgehead atoms. The second kappa shape index (κ2) is 4.59. The average Bonchev–Trinajstić information content (AvgIpc) is 3.17. The fourth-order valence-corrected chi connectivity index (χ4v) is 3.79. The molecule has 0 spiro atoms. The van der Waals surface area contributed by atoms with Gasteiger partial charge in [0.15, 0.2) is 0 Å². The fourth-order valence-electron chi connectivity index (χ4n) is 2.93. The van der Waals surface area contributed by atoms with E-state index in [4.69, 9.17) is 4.74 Å². The van der Waals surface area contributed by atoms with E-state index in [-0.39, 0.29) is 12.1 Å². The summed E-state index contributed by atoms with van der Waals surface area (Å²) in [5.74, 6) is 0.986. The first-order chi connectivity index (χ1) is 9.83. The quantitative estimate of drug-likeness (QED) is 0.843. The predicted molar refractivity (Wildman–Crippen MR) is 76.1 cm³/mol. The van der Waals surface area contributed by atoms with Crippen LogP contribution in [0.2, 0.25) is 0 Å². The molecular formula is C13H14N4O2S. The number of anilines is 1. The van der Waals surface area contributed by atoms with Crippen LogP contribution in [0.3, 0.4) is 0 Å². The molecule has 20 heavy (non-hydrogen) atoms. The van der Waals surface area contributed by atoms with Crippen LogP contribution in [0, 0.1) is 0 Å². The maximum absolute atomic E-state index is 11.6. The Morgan fingerprint density at radius 1 is 1.35 bits per heavy atom. The largest absolute Gasteiger partial charge is 0.448 e. The molecule has 0 aliphatic carbocycles. The summed E-state index contributed by atoms with van der Waals surface area (Å²) in [5.41, 5.74) is 0.990. The first-order valence-electron chi connectivity index (χ1n) is 6.69. The SMILES string of the molecule is O=C1OCCN1C1CCN(c2ncnc3ccsc23)C1. The number of ether oxygens (including phenoxy) is 1. The highest BCUT2D eigenvalue weighted by Gasteiger charge is 2.35. The van der Waals surface area contributed by atoms with Gasteiger partial charge < -0.3 is 9.64 Å². The van der Waals surface area contributed by atoms with Gasteiger partial charge in [-0.15, -0.1) is 11.3 Å². The Morgan fingerprint density at radius 2 is 2.30 bits per heavy atom. The summed E-state index contributed by atoms with van der Waals surface area (Å²) < 4.78 is 6.14. The standard InChI is InChI=1S/C13H14N4O2S/c18-13-17(4-5-19-13)9-1-3-16(7-9)12-11-10(2-6-20-11)14-8-15-12/h2,6,8-9H,1,3-5,7H2. The van der Waals surface area contributed by atoms with Crippen molar-refractivity contribution in [2.45, 2.75) is 12.5 Å². The van der Waals surface area contributed by atoms with Gasteiger partial charge in [0, 0.05) is 13.1 Å². The molecule has 4 rings (SSSR count). The summed E-state index contributed by atoms with van der Waals surface area (Å²) >= 11 is 1.66. The molecule has 2 saturated heterocycles. The second-order valence-electron chi connectivity index (χ2n) is 5.03. The van der Waals surface area contributed by atoms with Crippen LogP contribution >= 0.6 is 11.3 Å². The van der Waals surface area contributed by atoms with E-state index in [0.717, 1.165) is 35.5 Å². The van der Waals surface area contributed by atoms with E-state index in [2.05, 4.69) is 14.9 Å². The van der Waals surface area contributed by atoms with Gasteiger partial charge in [0.1, 0.15) is 18.8 Å². The minimum absolute atomic E-state index is 0.180. The van der Waals surface area contributed by atoms with Crippen LogP contribution in [0.4, 0.5) is 10.6 Å². The van der Waals surface area contributed by atoms with E-state index in [1.807, 2.05) is 16.3 Å². The van der Waals surface area contributed by atoms with Gasteiger partial charge in [0.05, 0.1) is 22.8 Å². The minimum Gasteiger partial charge on any atom is -0.448 e. The molecular weight excluding hydrogens is 276 g/mol. The van der Waals surface area contributed by atoms with Gasteiger partial charge in [-0.1, -0.05) is 0 Å². The molecule has 2 fully saturated rings. The van der Waals surface area contributed by atoms with Crippen LogP contribution in [0.1, 0.15) is 6.42 Å². The molecule has 0 radical (unpaired) electrons. The predicted octanol–water partition coefficient (Wildman–Crippen LogP) is 1.72. The molecule has 2 aliphatic rings. The number of rotatable bonds is 2. The number of carbonyl (C=O) groups excluding carboxylic acids is 1. The molecule has 2 aliphatic heterocycles. The van der Waals surface area contributed by atoms with Crippen LogP contribution in [-0.4, -0.2) is 53.2 Å². The van der Waals surface area contributed by atoms with Crippen LogP contribution < -0.4 is 4.90 Å². The maximum Gasteiger partial charge on any atom is 0.410 e. The monoisotopic (exact) mass is 290 g/mol. The van der Waals surface area contributed by atoms with Crippen molar-refractivity contribution in [2.24, 2.45) is 0 Å². The molecule has 7 heteroatoms. The first-order valence-corrected chi connectivity index (χ1v) is 7.57. The molecule has 0 saturated carbocycles. The normalized spacial score (nSPS) is 22.8. The lowest BCUT2D eigenvalue weighted by molar-refractivity contribution is 0.150. The molecule has 1 amide bonds. The summed E-state index contributed by atoms with van der Waals surface area (Å²) in [4.78, 5) is 24.4. The van der Waals surface area contributed by atoms with Crippen LogP contribution in [-0.2, 0) is 4.74 Å². The molecule has 2 aromatic rings. The van der Waals surface area contributed by atoms with Gasteiger partial charge >= 0.3 is 6.09 Å². The van der Waals surface area contributed by atoms with Crippen molar-refractivity contribution in [2.75, 3.05) is 31.1 Å². The number of carbonyl (C=O) groups is 1. The van der Waals surface area contributed by atoms with Crippen molar-refractivity contribution in [3.8, 4) is 0 Å². The van der Waals surface area contributed by atoms with E-state index in [9.17, 15) is 4.79 Å². The Balaban J connectivity index is 1.59. The van der Waals surface area contributed by atoms with E-state index >= 15 is 0 Å².